The summed E-state index contributed by atoms with van der Waals surface area (Å²) in [6.07, 6.45) is 1.59. The summed E-state index contributed by atoms with van der Waals surface area (Å²) in [5.74, 6) is -0.195. The van der Waals surface area contributed by atoms with Crippen LogP contribution in [-0.2, 0) is 0 Å². The third-order valence-corrected chi connectivity index (χ3v) is 2.01. The summed E-state index contributed by atoms with van der Waals surface area (Å²) in [5, 5.41) is 11.8. The van der Waals surface area contributed by atoms with Crippen LogP contribution in [0.25, 0.3) is 0 Å². The van der Waals surface area contributed by atoms with E-state index in [0.717, 1.165) is 5.69 Å². The number of pyridine rings is 1. The predicted molar refractivity (Wildman–Crippen MR) is 57.6 cm³/mol. The van der Waals surface area contributed by atoms with Crippen molar-refractivity contribution in [3.05, 3.63) is 29.6 Å². The molecule has 1 rings (SSSR count). The van der Waals surface area contributed by atoms with E-state index in [1.807, 2.05) is 6.92 Å². The lowest BCUT2D eigenvalue weighted by molar-refractivity contribution is 0.0869. The molecule has 4 heteroatoms. The Morgan fingerprint density at radius 2 is 2.27 bits per heavy atom. The highest BCUT2D eigenvalue weighted by Crippen LogP contribution is 2.05. The van der Waals surface area contributed by atoms with Crippen LogP contribution in [0.4, 0.5) is 0 Å². The van der Waals surface area contributed by atoms with Crippen molar-refractivity contribution in [2.45, 2.75) is 26.3 Å². The van der Waals surface area contributed by atoms with E-state index in [2.05, 4.69) is 10.3 Å². The standard InChI is InChI=1S/C11H16N2O2/c1-8-6-9(4-5-12-8)10(15)13-11(2,3)7-14/h4-6,14H,7H2,1-3H3,(H,13,15). The van der Waals surface area contributed by atoms with E-state index in [-0.39, 0.29) is 12.5 Å². The molecule has 2 N–H and O–H groups in total. The number of aliphatic hydroxyl groups is 1. The second-order valence-corrected chi connectivity index (χ2v) is 4.18. The molecule has 82 valence electrons. The largest absolute Gasteiger partial charge is 0.394 e. The molecule has 15 heavy (non-hydrogen) atoms. The van der Waals surface area contributed by atoms with Gasteiger partial charge < -0.3 is 10.4 Å². The van der Waals surface area contributed by atoms with Crippen molar-refractivity contribution in [2.75, 3.05) is 6.61 Å². The summed E-state index contributed by atoms with van der Waals surface area (Å²) in [6.45, 7) is 5.26. The van der Waals surface area contributed by atoms with E-state index in [9.17, 15) is 4.79 Å². The van der Waals surface area contributed by atoms with Gasteiger partial charge in [0.1, 0.15) is 0 Å². The van der Waals surface area contributed by atoms with Gasteiger partial charge in [-0.25, -0.2) is 0 Å². The van der Waals surface area contributed by atoms with Gasteiger partial charge in [0.25, 0.3) is 5.91 Å². The van der Waals surface area contributed by atoms with Crippen LogP contribution in [0.1, 0.15) is 29.9 Å². The molecule has 1 heterocycles. The van der Waals surface area contributed by atoms with Crippen molar-refractivity contribution >= 4 is 5.91 Å². The Labute approximate surface area is 89.3 Å². The zero-order valence-corrected chi connectivity index (χ0v) is 9.24. The van der Waals surface area contributed by atoms with Crippen LogP contribution in [0.2, 0.25) is 0 Å². The summed E-state index contributed by atoms with van der Waals surface area (Å²) in [6, 6.07) is 3.36. The van der Waals surface area contributed by atoms with E-state index in [4.69, 9.17) is 5.11 Å². The number of hydrogen-bond acceptors (Lipinski definition) is 3. The molecule has 0 saturated carbocycles. The first-order valence-corrected chi connectivity index (χ1v) is 4.81. The molecule has 1 aromatic heterocycles. The number of aromatic nitrogens is 1. The number of nitrogens with one attached hydrogen (secondary N) is 1. The Hall–Kier alpha value is -1.42. The SMILES string of the molecule is Cc1cc(C(=O)NC(C)(C)CO)ccn1. The Bertz CT molecular complexity index is 361. The number of aryl methyl sites for hydroxylation is 1. The molecule has 0 aliphatic carbocycles. The number of nitrogens with zero attached hydrogens (tertiary/aromatic N) is 1. The van der Waals surface area contributed by atoms with E-state index < -0.39 is 5.54 Å². The van der Waals surface area contributed by atoms with Crippen molar-refractivity contribution in [3.8, 4) is 0 Å². The highest BCUT2D eigenvalue weighted by atomic mass is 16.3. The number of carbonyl (C=O) groups is 1. The van der Waals surface area contributed by atoms with Gasteiger partial charge in [0.2, 0.25) is 0 Å². The molecule has 1 amide bonds. The molecule has 1 aromatic rings. The molecule has 4 nitrogen and oxygen atoms in total. The fourth-order valence-corrected chi connectivity index (χ4v) is 1.11. The van der Waals surface area contributed by atoms with E-state index in [0.29, 0.717) is 5.56 Å². The maximum Gasteiger partial charge on any atom is 0.251 e. The van der Waals surface area contributed by atoms with Crippen LogP contribution in [0.15, 0.2) is 18.3 Å². The van der Waals surface area contributed by atoms with Crippen LogP contribution in [0.3, 0.4) is 0 Å². The van der Waals surface area contributed by atoms with Crippen LogP contribution in [0.5, 0.6) is 0 Å². The van der Waals surface area contributed by atoms with Crippen molar-refractivity contribution in [1.29, 1.82) is 0 Å². The normalized spacial score (nSPS) is 11.2. The highest BCUT2D eigenvalue weighted by Gasteiger charge is 2.19. The molecule has 0 aliphatic rings. The first kappa shape index (κ1) is 11.7. The second-order valence-electron chi connectivity index (χ2n) is 4.18. The average molecular weight is 208 g/mol. The van der Waals surface area contributed by atoms with Gasteiger partial charge in [-0.1, -0.05) is 0 Å². The third kappa shape index (κ3) is 3.32. The Morgan fingerprint density at radius 1 is 1.60 bits per heavy atom. The first-order chi connectivity index (χ1) is 6.94. The smallest absolute Gasteiger partial charge is 0.251 e. The second kappa shape index (κ2) is 4.40. The monoisotopic (exact) mass is 208 g/mol. The van der Waals surface area contributed by atoms with Crippen LogP contribution in [0, 0.1) is 6.92 Å². The van der Waals surface area contributed by atoms with Crippen molar-refractivity contribution in [2.24, 2.45) is 0 Å². The maximum absolute atomic E-state index is 11.7. The molecule has 0 unspecified atom stereocenters. The Kier molecular flexibility index (Phi) is 3.42. The maximum atomic E-state index is 11.7. The highest BCUT2D eigenvalue weighted by molar-refractivity contribution is 5.94. The van der Waals surface area contributed by atoms with E-state index in [1.165, 1.54) is 0 Å². The van der Waals surface area contributed by atoms with Crippen molar-refractivity contribution in [3.63, 3.8) is 0 Å². The topological polar surface area (TPSA) is 62.2 Å². The number of rotatable bonds is 3. The summed E-state index contributed by atoms with van der Waals surface area (Å²) < 4.78 is 0. The quantitative estimate of drug-likeness (QED) is 0.775. The predicted octanol–water partition coefficient (Wildman–Crippen LogP) is 0.891. The summed E-state index contributed by atoms with van der Waals surface area (Å²) in [7, 11) is 0. The molecule has 0 aliphatic heterocycles. The zero-order chi connectivity index (χ0) is 11.5. The van der Waals surface area contributed by atoms with Gasteiger partial charge >= 0.3 is 0 Å². The molecular weight excluding hydrogens is 192 g/mol. The molecule has 0 bridgehead atoms. The van der Waals surface area contributed by atoms with Crippen LogP contribution >= 0.6 is 0 Å². The van der Waals surface area contributed by atoms with Gasteiger partial charge in [-0.15, -0.1) is 0 Å². The summed E-state index contributed by atoms with van der Waals surface area (Å²) in [4.78, 5) is 15.7. The number of carbonyl (C=O) groups excluding carboxylic acids is 1. The summed E-state index contributed by atoms with van der Waals surface area (Å²) >= 11 is 0. The Balaban J connectivity index is 2.78. The van der Waals surface area contributed by atoms with Crippen LogP contribution < -0.4 is 5.32 Å². The number of amides is 1. The minimum atomic E-state index is -0.603. The fraction of sp³-hybridized carbons (Fsp3) is 0.455. The average Bonchev–Trinajstić information content (AvgIpc) is 2.17. The van der Waals surface area contributed by atoms with Gasteiger partial charge in [-0.05, 0) is 32.9 Å². The van der Waals surface area contributed by atoms with Crippen molar-refractivity contribution < 1.29 is 9.90 Å². The Morgan fingerprint density at radius 3 is 2.80 bits per heavy atom. The van der Waals surface area contributed by atoms with Crippen LogP contribution in [-0.4, -0.2) is 28.1 Å². The minimum absolute atomic E-state index is 0.0944. The number of aliphatic hydroxyl groups excluding tert-OH is 1. The van der Waals surface area contributed by atoms with Gasteiger partial charge in [-0.2, -0.15) is 0 Å². The summed E-state index contributed by atoms with van der Waals surface area (Å²) in [5.41, 5.74) is 0.752. The van der Waals surface area contributed by atoms with Gasteiger partial charge in [0, 0.05) is 17.5 Å². The molecule has 0 radical (unpaired) electrons. The first-order valence-electron chi connectivity index (χ1n) is 4.81. The molecule has 0 spiro atoms. The molecule has 0 atom stereocenters. The molecular formula is C11H16N2O2. The molecule has 0 saturated heterocycles. The van der Waals surface area contributed by atoms with Crippen molar-refractivity contribution in [1.82, 2.24) is 10.3 Å². The zero-order valence-electron chi connectivity index (χ0n) is 9.24. The molecule has 0 aromatic carbocycles. The van der Waals surface area contributed by atoms with E-state index >= 15 is 0 Å². The van der Waals surface area contributed by atoms with Gasteiger partial charge in [0.05, 0.1) is 12.1 Å². The number of hydrogen-bond donors (Lipinski definition) is 2. The van der Waals surface area contributed by atoms with Gasteiger partial charge in [-0.3, -0.25) is 9.78 Å². The molecule has 0 fully saturated rings. The lowest BCUT2D eigenvalue weighted by atomic mass is 10.1. The lowest BCUT2D eigenvalue weighted by Crippen LogP contribution is -2.46. The van der Waals surface area contributed by atoms with Gasteiger partial charge in [0.15, 0.2) is 0 Å². The third-order valence-electron chi connectivity index (χ3n) is 2.01. The lowest BCUT2D eigenvalue weighted by Gasteiger charge is -2.23. The minimum Gasteiger partial charge on any atom is -0.394 e. The van der Waals surface area contributed by atoms with E-state index in [1.54, 1.807) is 32.2 Å². The fourth-order valence-electron chi connectivity index (χ4n) is 1.11.